The summed E-state index contributed by atoms with van der Waals surface area (Å²) >= 11 is 1.81. The molecule has 11 aromatic rings. The van der Waals surface area contributed by atoms with Crippen LogP contribution in [0.15, 0.2) is 212 Å². The van der Waals surface area contributed by atoms with Crippen molar-refractivity contribution < 1.29 is 0 Å². The minimum Gasteiger partial charge on any atom is -0.208 e. The van der Waals surface area contributed by atoms with Crippen LogP contribution in [0.25, 0.3) is 98.8 Å². The van der Waals surface area contributed by atoms with Crippen LogP contribution in [0.2, 0.25) is 0 Å². The molecular formula is C58H35N3S. The van der Waals surface area contributed by atoms with Crippen LogP contribution >= 0.6 is 11.3 Å². The van der Waals surface area contributed by atoms with Gasteiger partial charge in [-0.05, 0) is 85.0 Å². The summed E-state index contributed by atoms with van der Waals surface area (Å²) in [5.41, 5.74) is 17.9. The third-order valence-electron chi connectivity index (χ3n) is 13.0. The van der Waals surface area contributed by atoms with E-state index in [9.17, 15) is 0 Å². The van der Waals surface area contributed by atoms with Crippen molar-refractivity contribution in [3.8, 4) is 78.7 Å². The molecule has 2 aromatic heterocycles. The minimum atomic E-state index is -0.451. The second-order valence-electron chi connectivity index (χ2n) is 16.2. The van der Waals surface area contributed by atoms with E-state index >= 15 is 0 Å². The first-order valence-corrected chi connectivity index (χ1v) is 21.9. The number of nitrogens with zero attached hydrogens (tertiary/aromatic N) is 3. The molecule has 0 radical (unpaired) electrons. The zero-order valence-electron chi connectivity index (χ0n) is 33.5. The molecule has 0 bridgehead atoms. The molecule has 288 valence electrons. The van der Waals surface area contributed by atoms with Crippen LogP contribution in [0.3, 0.4) is 0 Å². The van der Waals surface area contributed by atoms with Crippen molar-refractivity contribution in [1.82, 2.24) is 15.0 Å². The van der Waals surface area contributed by atoms with Crippen molar-refractivity contribution >= 4 is 31.5 Å². The average molecular weight is 806 g/mol. The number of hydrogen-bond acceptors (Lipinski definition) is 4. The van der Waals surface area contributed by atoms with Crippen molar-refractivity contribution in [3.63, 3.8) is 0 Å². The van der Waals surface area contributed by atoms with Crippen LogP contribution in [0.1, 0.15) is 22.3 Å². The van der Waals surface area contributed by atoms with Gasteiger partial charge in [0.2, 0.25) is 0 Å². The highest BCUT2D eigenvalue weighted by atomic mass is 32.1. The molecule has 0 N–H and O–H groups in total. The Morgan fingerprint density at radius 1 is 0.306 bits per heavy atom. The summed E-state index contributed by atoms with van der Waals surface area (Å²) in [6, 6.07) is 76.9. The summed E-state index contributed by atoms with van der Waals surface area (Å²) in [6.07, 6.45) is 0. The van der Waals surface area contributed by atoms with E-state index in [-0.39, 0.29) is 0 Å². The van der Waals surface area contributed by atoms with Crippen molar-refractivity contribution in [1.29, 1.82) is 0 Å². The van der Waals surface area contributed by atoms with Gasteiger partial charge in [-0.15, -0.1) is 11.3 Å². The molecule has 13 rings (SSSR count). The van der Waals surface area contributed by atoms with Gasteiger partial charge in [-0.3, -0.25) is 0 Å². The largest absolute Gasteiger partial charge is 0.208 e. The number of aromatic nitrogens is 3. The quantitative estimate of drug-likeness (QED) is 0.174. The molecule has 2 heterocycles. The van der Waals surface area contributed by atoms with Crippen molar-refractivity contribution in [2.75, 3.05) is 0 Å². The predicted molar refractivity (Wildman–Crippen MR) is 256 cm³/mol. The monoisotopic (exact) mass is 805 g/mol. The molecule has 2 aliphatic rings. The van der Waals surface area contributed by atoms with Gasteiger partial charge in [0.1, 0.15) is 0 Å². The molecule has 0 saturated heterocycles. The highest BCUT2D eigenvalue weighted by molar-refractivity contribution is 7.26. The number of rotatable bonds is 5. The van der Waals surface area contributed by atoms with Crippen LogP contribution in [-0.4, -0.2) is 15.0 Å². The fourth-order valence-electron chi connectivity index (χ4n) is 10.5. The molecule has 0 atom stereocenters. The standard InChI is InChI=1S/C58H35N3S/c1-3-17-36(18-4-1)55-59-56(37-19-5-2-6-20-37)61-57(60-55)46-28-16-32-52-53(46)47-35-38(33-34-51(47)62-52)39-21-7-8-22-40(39)44-26-15-27-45-43-25-11-14-31-50(43)58(54(44)45)48-29-12-9-23-41(48)42-24-10-13-30-49(42)58/h1-35H. The zero-order valence-corrected chi connectivity index (χ0v) is 34.3. The SMILES string of the molecule is c1ccc(-c2nc(-c3ccccc3)nc(-c3cccc4sc5ccc(-c6ccccc6-c6cccc7c6C6(c8ccccc8-c8ccccc86)c6ccccc6-7)cc5c34)n2)cc1. The Morgan fingerprint density at radius 3 is 1.37 bits per heavy atom. The molecule has 0 amide bonds. The van der Waals surface area contributed by atoms with Crippen molar-refractivity contribution in [2.24, 2.45) is 0 Å². The lowest BCUT2D eigenvalue weighted by Gasteiger charge is -2.32. The zero-order chi connectivity index (χ0) is 40.8. The lowest BCUT2D eigenvalue weighted by Crippen LogP contribution is -2.26. The smallest absolute Gasteiger partial charge is 0.164 e. The maximum atomic E-state index is 5.17. The number of fused-ring (bicyclic) bond motifs is 13. The van der Waals surface area contributed by atoms with Gasteiger partial charge in [0.05, 0.1) is 5.41 Å². The van der Waals surface area contributed by atoms with Gasteiger partial charge < -0.3 is 0 Å². The van der Waals surface area contributed by atoms with E-state index in [2.05, 4.69) is 176 Å². The lowest BCUT2D eigenvalue weighted by atomic mass is 9.68. The first-order chi connectivity index (χ1) is 30.8. The second kappa shape index (κ2) is 13.6. The molecule has 1 spiro atoms. The molecule has 0 aliphatic heterocycles. The van der Waals surface area contributed by atoms with E-state index in [0.29, 0.717) is 17.5 Å². The molecule has 4 heteroatoms. The van der Waals surface area contributed by atoms with E-state index in [4.69, 9.17) is 15.0 Å². The normalized spacial score (nSPS) is 13.0. The molecule has 0 fully saturated rings. The Kier molecular flexibility index (Phi) is 7.69. The number of benzene rings is 9. The Morgan fingerprint density at radius 2 is 0.758 bits per heavy atom. The summed E-state index contributed by atoms with van der Waals surface area (Å²) in [4.78, 5) is 15.3. The van der Waals surface area contributed by atoms with E-state index in [1.165, 1.54) is 81.5 Å². The van der Waals surface area contributed by atoms with Crippen LogP contribution in [0, 0.1) is 0 Å². The van der Waals surface area contributed by atoms with Gasteiger partial charge in [0.15, 0.2) is 17.5 Å². The Balaban J connectivity index is 1.03. The van der Waals surface area contributed by atoms with Crippen molar-refractivity contribution in [3.05, 3.63) is 235 Å². The van der Waals surface area contributed by atoms with Gasteiger partial charge in [-0.25, -0.2) is 15.0 Å². The first-order valence-electron chi connectivity index (χ1n) is 21.1. The molecule has 9 aromatic carbocycles. The topological polar surface area (TPSA) is 38.7 Å². The molecule has 0 unspecified atom stereocenters. The van der Waals surface area contributed by atoms with E-state index in [1.807, 2.05) is 47.7 Å². The fraction of sp³-hybridized carbons (Fsp3) is 0.0172. The van der Waals surface area contributed by atoms with Gasteiger partial charge in [0, 0.05) is 36.9 Å². The molecular weight excluding hydrogens is 771 g/mol. The third-order valence-corrected chi connectivity index (χ3v) is 14.1. The highest BCUT2D eigenvalue weighted by Crippen LogP contribution is 2.64. The fourth-order valence-corrected chi connectivity index (χ4v) is 11.6. The number of thiophene rings is 1. The van der Waals surface area contributed by atoms with Gasteiger partial charge >= 0.3 is 0 Å². The van der Waals surface area contributed by atoms with Crippen LogP contribution in [0.5, 0.6) is 0 Å². The third kappa shape index (κ3) is 5.02. The van der Waals surface area contributed by atoms with E-state index in [0.717, 1.165) is 22.1 Å². The summed E-state index contributed by atoms with van der Waals surface area (Å²) in [7, 11) is 0. The maximum absolute atomic E-state index is 5.17. The van der Waals surface area contributed by atoms with Gasteiger partial charge in [-0.2, -0.15) is 0 Å². The Labute approximate surface area is 363 Å². The molecule has 0 saturated carbocycles. The molecule has 2 aliphatic carbocycles. The van der Waals surface area contributed by atoms with E-state index < -0.39 is 5.41 Å². The first kappa shape index (κ1) is 35.0. The summed E-state index contributed by atoms with van der Waals surface area (Å²) in [5.74, 6) is 1.97. The summed E-state index contributed by atoms with van der Waals surface area (Å²) < 4.78 is 2.42. The summed E-state index contributed by atoms with van der Waals surface area (Å²) in [5, 5.41) is 2.35. The number of hydrogen-bond donors (Lipinski definition) is 0. The van der Waals surface area contributed by atoms with Gasteiger partial charge in [-0.1, -0.05) is 194 Å². The molecule has 62 heavy (non-hydrogen) atoms. The van der Waals surface area contributed by atoms with Gasteiger partial charge in [0.25, 0.3) is 0 Å². The van der Waals surface area contributed by atoms with Crippen LogP contribution in [-0.2, 0) is 5.41 Å². The maximum Gasteiger partial charge on any atom is 0.164 e. The second-order valence-corrected chi connectivity index (χ2v) is 17.3. The Hall–Kier alpha value is -7.79. The van der Waals surface area contributed by atoms with Crippen LogP contribution < -0.4 is 0 Å². The minimum absolute atomic E-state index is 0.451. The Bertz CT molecular complexity index is 3470. The lowest BCUT2D eigenvalue weighted by molar-refractivity contribution is 0.796. The van der Waals surface area contributed by atoms with E-state index in [1.54, 1.807) is 0 Å². The highest BCUT2D eigenvalue weighted by Gasteiger charge is 2.52. The predicted octanol–water partition coefficient (Wildman–Crippen LogP) is 14.9. The molecule has 3 nitrogen and oxygen atoms in total. The summed E-state index contributed by atoms with van der Waals surface area (Å²) in [6.45, 7) is 0. The average Bonchev–Trinajstić information content (AvgIpc) is 3.98. The van der Waals surface area contributed by atoms with Crippen molar-refractivity contribution in [2.45, 2.75) is 5.41 Å². The van der Waals surface area contributed by atoms with Crippen LogP contribution in [0.4, 0.5) is 0 Å².